The fourth-order valence-corrected chi connectivity index (χ4v) is 2.04. The summed E-state index contributed by atoms with van der Waals surface area (Å²) in [6.45, 7) is 3.20. The summed E-state index contributed by atoms with van der Waals surface area (Å²) in [5.74, 6) is 1.60. The molecule has 1 aromatic rings. The zero-order valence-electron chi connectivity index (χ0n) is 11.5. The molecule has 1 fully saturated rings. The molecular formula is C14H25N3O. The van der Waals surface area contributed by atoms with Crippen LogP contribution in [0.2, 0.25) is 0 Å². The topological polar surface area (TPSA) is 51.0 Å². The van der Waals surface area contributed by atoms with Crippen molar-refractivity contribution in [1.29, 1.82) is 0 Å². The predicted molar refractivity (Wildman–Crippen MR) is 71.5 cm³/mol. The second-order valence-corrected chi connectivity index (χ2v) is 5.23. The van der Waals surface area contributed by atoms with Crippen LogP contribution in [0.3, 0.4) is 0 Å². The van der Waals surface area contributed by atoms with Gasteiger partial charge in [-0.2, -0.15) is 0 Å². The van der Waals surface area contributed by atoms with Crippen LogP contribution in [0, 0.1) is 0 Å². The van der Waals surface area contributed by atoms with E-state index in [0.29, 0.717) is 0 Å². The minimum Gasteiger partial charge on any atom is -0.425 e. The SMILES string of the molecule is CCCCCCCc1nnc(CCNC2CC2)o1. The molecule has 0 spiro atoms. The summed E-state index contributed by atoms with van der Waals surface area (Å²) in [7, 11) is 0. The molecule has 1 saturated carbocycles. The third-order valence-corrected chi connectivity index (χ3v) is 3.35. The molecule has 102 valence electrons. The van der Waals surface area contributed by atoms with Gasteiger partial charge in [-0.25, -0.2) is 0 Å². The van der Waals surface area contributed by atoms with Crippen LogP contribution in [0.25, 0.3) is 0 Å². The number of aryl methyl sites for hydroxylation is 1. The molecule has 0 bridgehead atoms. The van der Waals surface area contributed by atoms with Crippen LogP contribution in [0.5, 0.6) is 0 Å². The Labute approximate surface area is 110 Å². The van der Waals surface area contributed by atoms with E-state index in [-0.39, 0.29) is 0 Å². The second-order valence-electron chi connectivity index (χ2n) is 5.23. The molecule has 18 heavy (non-hydrogen) atoms. The van der Waals surface area contributed by atoms with E-state index in [1.807, 2.05) is 0 Å². The molecule has 2 rings (SSSR count). The van der Waals surface area contributed by atoms with Gasteiger partial charge in [0, 0.05) is 25.4 Å². The Morgan fingerprint density at radius 3 is 2.50 bits per heavy atom. The Kier molecular flexibility index (Phi) is 5.65. The Hall–Kier alpha value is -0.900. The van der Waals surface area contributed by atoms with Crippen molar-refractivity contribution in [3.05, 3.63) is 11.8 Å². The zero-order chi connectivity index (χ0) is 12.6. The lowest BCUT2D eigenvalue weighted by molar-refractivity contribution is 0.435. The molecule has 0 amide bonds. The molecule has 1 N–H and O–H groups in total. The van der Waals surface area contributed by atoms with E-state index in [1.54, 1.807) is 0 Å². The maximum absolute atomic E-state index is 5.63. The normalized spacial score (nSPS) is 15.2. The van der Waals surface area contributed by atoms with E-state index in [1.165, 1.54) is 44.9 Å². The van der Waals surface area contributed by atoms with Gasteiger partial charge in [-0.15, -0.1) is 10.2 Å². The summed E-state index contributed by atoms with van der Waals surface area (Å²) >= 11 is 0. The van der Waals surface area contributed by atoms with Crippen molar-refractivity contribution in [2.75, 3.05) is 6.54 Å². The summed E-state index contributed by atoms with van der Waals surface area (Å²) in [6, 6.07) is 0.756. The number of nitrogens with one attached hydrogen (secondary N) is 1. The minimum absolute atomic E-state index is 0.756. The molecule has 0 unspecified atom stereocenters. The van der Waals surface area contributed by atoms with Gasteiger partial charge in [0.05, 0.1) is 0 Å². The number of hydrogen-bond acceptors (Lipinski definition) is 4. The summed E-state index contributed by atoms with van der Waals surface area (Å²) in [6.07, 6.45) is 10.8. The number of nitrogens with zero attached hydrogens (tertiary/aromatic N) is 2. The van der Waals surface area contributed by atoms with Gasteiger partial charge in [-0.3, -0.25) is 0 Å². The average molecular weight is 251 g/mol. The number of hydrogen-bond donors (Lipinski definition) is 1. The molecule has 1 aromatic heterocycles. The first-order valence-electron chi connectivity index (χ1n) is 7.43. The molecule has 4 nitrogen and oxygen atoms in total. The van der Waals surface area contributed by atoms with Crippen LogP contribution in [-0.2, 0) is 12.8 Å². The van der Waals surface area contributed by atoms with Crippen molar-refractivity contribution >= 4 is 0 Å². The van der Waals surface area contributed by atoms with Crippen molar-refractivity contribution in [3.8, 4) is 0 Å². The maximum Gasteiger partial charge on any atom is 0.217 e. The maximum atomic E-state index is 5.63. The lowest BCUT2D eigenvalue weighted by atomic mass is 10.1. The summed E-state index contributed by atoms with van der Waals surface area (Å²) < 4.78 is 5.63. The first kappa shape index (κ1) is 13.5. The monoisotopic (exact) mass is 251 g/mol. The first-order chi connectivity index (χ1) is 8.88. The predicted octanol–water partition coefficient (Wildman–Crippen LogP) is 2.88. The van der Waals surface area contributed by atoms with E-state index in [0.717, 1.165) is 37.2 Å². The van der Waals surface area contributed by atoms with Gasteiger partial charge in [-0.05, 0) is 19.3 Å². The van der Waals surface area contributed by atoms with Crippen molar-refractivity contribution in [2.24, 2.45) is 0 Å². The standard InChI is InChI=1S/C14H25N3O/c1-2-3-4-5-6-7-13-16-17-14(18-13)10-11-15-12-8-9-12/h12,15H,2-11H2,1H3. The van der Waals surface area contributed by atoms with Gasteiger partial charge in [0.25, 0.3) is 0 Å². The highest BCUT2D eigenvalue weighted by Crippen LogP contribution is 2.18. The van der Waals surface area contributed by atoms with Crippen LogP contribution >= 0.6 is 0 Å². The zero-order valence-corrected chi connectivity index (χ0v) is 11.5. The van der Waals surface area contributed by atoms with Crippen molar-refractivity contribution in [3.63, 3.8) is 0 Å². The Morgan fingerprint density at radius 2 is 1.78 bits per heavy atom. The van der Waals surface area contributed by atoms with E-state index in [9.17, 15) is 0 Å². The molecule has 0 saturated heterocycles. The fraction of sp³-hybridized carbons (Fsp3) is 0.857. The van der Waals surface area contributed by atoms with E-state index in [2.05, 4.69) is 22.4 Å². The highest BCUT2D eigenvalue weighted by Gasteiger charge is 2.20. The van der Waals surface area contributed by atoms with Crippen LogP contribution in [0.1, 0.15) is 63.7 Å². The lowest BCUT2D eigenvalue weighted by Crippen LogP contribution is -2.19. The van der Waals surface area contributed by atoms with E-state index in [4.69, 9.17) is 4.42 Å². The summed E-state index contributed by atoms with van der Waals surface area (Å²) in [4.78, 5) is 0. The van der Waals surface area contributed by atoms with Gasteiger partial charge >= 0.3 is 0 Å². The van der Waals surface area contributed by atoms with Gasteiger partial charge in [0.1, 0.15) is 0 Å². The first-order valence-corrected chi connectivity index (χ1v) is 7.43. The smallest absolute Gasteiger partial charge is 0.217 e. The second kappa shape index (κ2) is 7.52. The molecule has 4 heteroatoms. The molecule has 1 aliphatic rings. The minimum atomic E-state index is 0.756. The molecule has 1 heterocycles. The summed E-state index contributed by atoms with van der Waals surface area (Å²) in [5, 5.41) is 11.6. The third kappa shape index (κ3) is 5.17. The quantitative estimate of drug-likeness (QED) is 0.650. The molecular weight excluding hydrogens is 226 g/mol. The van der Waals surface area contributed by atoms with Gasteiger partial charge in [0.2, 0.25) is 11.8 Å². The Morgan fingerprint density at radius 1 is 1.06 bits per heavy atom. The van der Waals surface area contributed by atoms with E-state index >= 15 is 0 Å². The van der Waals surface area contributed by atoms with Crippen molar-refractivity contribution in [1.82, 2.24) is 15.5 Å². The number of rotatable bonds is 10. The Bertz CT molecular complexity index is 334. The van der Waals surface area contributed by atoms with Crippen molar-refractivity contribution < 1.29 is 4.42 Å². The molecule has 0 radical (unpaired) electrons. The summed E-state index contributed by atoms with van der Waals surface area (Å²) in [5.41, 5.74) is 0. The third-order valence-electron chi connectivity index (χ3n) is 3.35. The van der Waals surface area contributed by atoms with Crippen LogP contribution in [0.15, 0.2) is 4.42 Å². The number of aromatic nitrogens is 2. The lowest BCUT2D eigenvalue weighted by Gasteiger charge is -1.98. The largest absolute Gasteiger partial charge is 0.425 e. The average Bonchev–Trinajstić information content (AvgIpc) is 3.08. The highest BCUT2D eigenvalue weighted by atomic mass is 16.4. The fourth-order valence-electron chi connectivity index (χ4n) is 2.04. The Balaban J connectivity index is 1.56. The van der Waals surface area contributed by atoms with Gasteiger partial charge in [0.15, 0.2) is 0 Å². The van der Waals surface area contributed by atoms with Crippen LogP contribution in [-0.4, -0.2) is 22.8 Å². The molecule has 1 aliphatic carbocycles. The highest BCUT2D eigenvalue weighted by molar-refractivity contribution is 4.86. The molecule has 0 aliphatic heterocycles. The van der Waals surface area contributed by atoms with Gasteiger partial charge < -0.3 is 9.73 Å². The molecule has 0 aromatic carbocycles. The van der Waals surface area contributed by atoms with E-state index < -0.39 is 0 Å². The molecule has 0 atom stereocenters. The van der Waals surface area contributed by atoms with Crippen LogP contribution in [0.4, 0.5) is 0 Å². The van der Waals surface area contributed by atoms with Crippen LogP contribution < -0.4 is 5.32 Å². The van der Waals surface area contributed by atoms with Gasteiger partial charge in [-0.1, -0.05) is 32.6 Å². The number of unbranched alkanes of at least 4 members (excludes halogenated alkanes) is 4. The van der Waals surface area contributed by atoms with Crippen molar-refractivity contribution in [2.45, 2.75) is 70.8 Å².